The molecule has 0 unspecified atom stereocenters. The van der Waals surface area contributed by atoms with E-state index in [-0.39, 0.29) is 24.8 Å². The number of nitrogens with one attached hydrogen (secondary N) is 1. The number of aromatic nitrogens is 2. The Bertz CT molecular complexity index is 490. The molecule has 22 heavy (non-hydrogen) atoms. The van der Waals surface area contributed by atoms with Crippen LogP contribution < -0.4 is 14.8 Å². The number of carboxylic acid groups (broad SMARTS) is 1. The van der Waals surface area contributed by atoms with Crippen molar-refractivity contribution in [2.24, 2.45) is 0 Å². The third kappa shape index (κ3) is 4.43. The van der Waals surface area contributed by atoms with E-state index in [4.69, 9.17) is 24.1 Å². The van der Waals surface area contributed by atoms with E-state index in [9.17, 15) is 4.79 Å². The molecule has 2 heterocycles. The summed E-state index contributed by atoms with van der Waals surface area (Å²) in [5.74, 6) is -0.159. The molecule has 0 bridgehead atoms. The highest BCUT2D eigenvalue weighted by atomic mass is 16.5. The van der Waals surface area contributed by atoms with Crippen LogP contribution in [-0.2, 0) is 14.3 Å². The summed E-state index contributed by atoms with van der Waals surface area (Å²) in [6.45, 7) is 0.567. The molecule has 1 aliphatic heterocycles. The topological polar surface area (TPSA) is 112 Å². The van der Waals surface area contributed by atoms with Crippen molar-refractivity contribution in [1.29, 1.82) is 0 Å². The summed E-state index contributed by atoms with van der Waals surface area (Å²) in [5.41, 5.74) is 0. The molecule has 122 valence electrons. The maximum absolute atomic E-state index is 10.6. The van der Waals surface area contributed by atoms with Crippen molar-refractivity contribution < 1.29 is 28.8 Å². The zero-order valence-corrected chi connectivity index (χ0v) is 12.4. The van der Waals surface area contributed by atoms with Crippen molar-refractivity contribution in [1.82, 2.24) is 9.97 Å². The standard InChI is InChI=1S/C13H19N3O6/c1-19-11-5-10(15-13(16-11)20-2)14-8-6-21-4-3-9(8)22-7-12(17)18/h5,8-9H,3-4,6-7H2,1-2H3,(H,17,18)(H,14,15,16)/t8-,9+/m1/s1. The fraction of sp³-hybridized carbons (Fsp3) is 0.615. The van der Waals surface area contributed by atoms with E-state index in [2.05, 4.69) is 15.3 Å². The molecule has 2 rings (SSSR count). The molecule has 1 aromatic rings. The molecule has 1 saturated heterocycles. The molecule has 0 aromatic carbocycles. The van der Waals surface area contributed by atoms with E-state index in [1.54, 1.807) is 6.07 Å². The molecule has 9 heteroatoms. The van der Waals surface area contributed by atoms with Crippen molar-refractivity contribution in [3.8, 4) is 11.9 Å². The van der Waals surface area contributed by atoms with E-state index in [1.165, 1.54) is 14.2 Å². The minimum Gasteiger partial charge on any atom is -0.481 e. The first kappa shape index (κ1) is 16.2. The predicted molar refractivity (Wildman–Crippen MR) is 75.4 cm³/mol. The number of hydrogen-bond donors (Lipinski definition) is 2. The minimum atomic E-state index is -1.00. The molecule has 2 atom stereocenters. The Morgan fingerprint density at radius 3 is 2.95 bits per heavy atom. The average molecular weight is 313 g/mol. The first-order valence-electron chi connectivity index (χ1n) is 6.77. The van der Waals surface area contributed by atoms with Crippen LogP contribution in [0.4, 0.5) is 5.82 Å². The number of rotatable bonds is 7. The average Bonchev–Trinajstić information content (AvgIpc) is 2.53. The number of aliphatic carboxylic acids is 1. The maximum Gasteiger partial charge on any atom is 0.329 e. The van der Waals surface area contributed by atoms with Gasteiger partial charge in [0.15, 0.2) is 0 Å². The smallest absolute Gasteiger partial charge is 0.329 e. The molecule has 0 amide bonds. The van der Waals surface area contributed by atoms with Gasteiger partial charge in [0, 0.05) is 12.7 Å². The predicted octanol–water partition coefficient (Wildman–Crippen LogP) is 0.164. The van der Waals surface area contributed by atoms with Gasteiger partial charge in [0.2, 0.25) is 5.88 Å². The monoisotopic (exact) mass is 313 g/mol. The Kier molecular flexibility index (Phi) is 5.73. The Hall–Kier alpha value is -2.13. The third-order valence-corrected chi connectivity index (χ3v) is 3.12. The van der Waals surface area contributed by atoms with Gasteiger partial charge in [-0.3, -0.25) is 0 Å². The number of hydrogen-bond acceptors (Lipinski definition) is 8. The van der Waals surface area contributed by atoms with Crippen LogP contribution in [0.3, 0.4) is 0 Å². The highest BCUT2D eigenvalue weighted by molar-refractivity contribution is 5.68. The van der Waals surface area contributed by atoms with Gasteiger partial charge in [0.1, 0.15) is 12.4 Å². The van der Waals surface area contributed by atoms with Gasteiger partial charge in [0.25, 0.3) is 0 Å². The Morgan fingerprint density at radius 2 is 2.27 bits per heavy atom. The van der Waals surface area contributed by atoms with Gasteiger partial charge in [-0.2, -0.15) is 9.97 Å². The number of anilines is 1. The molecule has 0 spiro atoms. The fourth-order valence-electron chi connectivity index (χ4n) is 2.09. The lowest BCUT2D eigenvalue weighted by Crippen LogP contribution is -2.44. The van der Waals surface area contributed by atoms with Crippen LogP contribution in [0.15, 0.2) is 6.07 Å². The summed E-state index contributed by atoms with van der Waals surface area (Å²) in [6, 6.07) is 1.56. The van der Waals surface area contributed by atoms with E-state index in [1.807, 2.05) is 0 Å². The van der Waals surface area contributed by atoms with Crippen LogP contribution in [0.25, 0.3) is 0 Å². The van der Waals surface area contributed by atoms with Gasteiger partial charge < -0.3 is 29.4 Å². The van der Waals surface area contributed by atoms with Gasteiger partial charge in [-0.05, 0) is 6.42 Å². The van der Waals surface area contributed by atoms with E-state index < -0.39 is 5.97 Å². The number of ether oxygens (including phenoxy) is 4. The molecule has 2 N–H and O–H groups in total. The summed E-state index contributed by atoms with van der Waals surface area (Å²) >= 11 is 0. The SMILES string of the molecule is COc1cc(N[C@@H]2COCC[C@@H]2OCC(=O)O)nc(OC)n1. The zero-order valence-electron chi connectivity index (χ0n) is 12.4. The summed E-state index contributed by atoms with van der Waals surface area (Å²) in [5, 5.41) is 11.9. The largest absolute Gasteiger partial charge is 0.481 e. The van der Waals surface area contributed by atoms with Gasteiger partial charge in [-0.15, -0.1) is 0 Å². The lowest BCUT2D eigenvalue weighted by Gasteiger charge is -2.32. The van der Waals surface area contributed by atoms with E-state index in [0.717, 1.165) is 0 Å². The Morgan fingerprint density at radius 1 is 1.45 bits per heavy atom. The van der Waals surface area contributed by atoms with Crippen LogP contribution in [0.1, 0.15) is 6.42 Å². The lowest BCUT2D eigenvalue weighted by molar-refractivity contribution is -0.146. The normalized spacial score (nSPS) is 21.2. The highest BCUT2D eigenvalue weighted by Gasteiger charge is 2.27. The van der Waals surface area contributed by atoms with Gasteiger partial charge in [-0.1, -0.05) is 0 Å². The van der Waals surface area contributed by atoms with E-state index in [0.29, 0.717) is 31.3 Å². The summed E-state index contributed by atoms with van der Waals surface area (Å²) < 4.78 is 20.9. The molecule has 0 aliphatic carbocycles. The molecule has 0 radical (unpaired) electrons. The summed E-state index contributed by atoms with van der Waals surface area (Å²) in [6.07, 6.45) is 0.321. The third-order valence-electron chi connectivity index (χ3n) is 3.12. The quantitative estimate of drug-likeness (QED) is 0.727. The van der Waals surface area contributed by atoms with Crippen molar-refractivity contribution in [3.05, 3.63) is 6.07 Å². The number of methoxy groups -OCH3 is 2. The summed E-state index contributed by atoms with van der Waals surface area (Å²) in [7, 11) is 2.95. The molecule has 0 saturated carbocycles. The zero-order chi connectivity index (χ0) is 15.9. The van der Waals surface area contributed by atoms with Crippen molar-refractivity contribution >= 4 is 11.8 Å². The lowest BCUT2D eigenvalue weighted by atomic mass is 10.1. The molecular weight excluding hydrogens is 294 g/mol. The first-order valence-corrected chi connectivity index (χ1v) is 6.77. The Balaban J connectivity index is 2.07. The summed E-state index contributed by atoms with van der Waals surface area (Å²) in [4.78, 5) is 18.8. The van der Waals surface area contributed by atoms with Crippen molar-refractivity contribution in [2.45, 2.75) is 18.6 Å². The second-order valence-corrected chi connectivity index (χ2v) is 4.64. The van der Waals surface area contributed by atoms with Crippen molar-refractivity contribution in [3.63, 3.8) is 0 Å². The van der Waals surface area contributed by atoms with Crippen LogP contribution in [0.5, 0.6) is 11.9 Å². The van der Waals surface area contributed by atoms with Crippen LogP contribution in [0.2, 0.25) is 0 Å². The van der Waals surface area contributed by atoms with Crippen molar-refractivity contribution in [2.75, 3.05) is 39.4 Å². The maximum atomic E-state index is 10.6. The van der Waals surface area contributed by atoms with Crippen LogP contribution in [-0.4, -0.2) is 67.2 Å². The number of carbonyl (C=O) groups is 1. The molecule has 1 aliphatic rings. The highest BCUT2D eigenvalue weighted by Crippen LogP contribution is 2.21. The fourth-order valence-corrected chi connectivity index (χ4v) is 2.09. The molecular formula is C13H19N3O6. The number of nitrogens with zero attached hydrogens (tertiary/aromatic N) is 2. The number of carboxylic acids is 1. The van der Waals surface area contributed by atoms with E-state index >= 15 is 0 Å². The minimum absolute atomic E-state index is 0.168. The van der Waals surface area contributed by atoms with Gasteiger partial charge in [-0.25, -0.2) is 4.79 Å². The molecule has 1 aromatic heterocycles. The second kappa shape index (κ2) is 7.76. The first-order chi connectivity index (χ1) is 10.6. The van der Waals surface area contributed by atoms with Crippen LogP contribution >= 0.6 is 0 Å². The van der Waals surface area contributed by atoms with Gasteiger partial charge in [0.05, 0.1) is 33.0 Å². The second-order valence-electron chi connectivity index (χ2n) is 4.64. The molecule has 1 fully saturated rings. The molecule has 9 nitrogen and oxygen atoms in total. The Labute approximate surface area is 127 Å². The van der Waals surface area contributed by atoms with Gasteiger partial charge >= 0.3 is 12.0 Å². The van der Waals surface area contributed by atoms with Crippen LogP contribution in [0, 0.1) is 0 Å².